The van der Waals surface area contributed by atoms with Crippen LogP contribution in [0.25, 0.3) is 11.3 Å². The number of amides is 1. The van der Waals surface area contributed by atoms with Crippen molar-refractivity contribution in [2.45, 2.75) is 12.3 Å². The van der Waals surface area contributed by atoms with Crippen molar-refractivity contribution in [3.63, 3.8) is 0 Å². The Morgan fingerprint density at radius 1 is 1.06 bits per heavy atom. The molecule has 1 aliphatic rings. The molecule has 0 saturated heterocycles. The lowest BCUT2D eigenvalue weighted by Gasteiger charge is -2.29. The zero-order valence-corrected chi connectivity index (χ0v) is 18.2. The Bertz CT molecular complexity index is 1130. The van der Waals surface area contributed by atoms with Gasteiger partial charge < -0.3 is 23.8 Å². The molecule has 0 aliphatic carbocycles. The maximum atomic E-state index is 14.9. The lowest BCUT2D eigenvalue weighted by atomic mass is 9.95. The summed E-state index contributed by atoms with van der Waals surface area (Å²) < 4.78 is 36.3. The van der Waals surface area contributed by atoms with Crippen LogP contribution in [0, 0.1) is 5.82 Å². The molecule has 168 valence electrons. The molecule has 0 fully saturated rings. The lowest BCUT2D eigenvalue weighted by Crippen LogP contribution is -2.38. The second-order valence-corrected chi connectivity index (χ2v) is 7.21. The van der Waals surface area contributed by atoms with E-state index in [4.69, 9.17) is 18.9 Å². The number of hydrogen-bond donors (Lipinski definition) is 1. The standard InChI is InChI=1S/C23H24FN3O5/c1-29-16-10-9-13(11-17(16)30-2)20-19-21(26-25-20)23(28)27(12-18(31-3)32-4)22(19)14-7-5-6-8-15(14)24/h5-11,18,22H,12H2,1-4H3,(H,25,26). The van der Waals surface area contributed by atoms with Gasteiger partial charge in [0, 0.05) is 30.9 Å². The maximum Gasteiger partial charge on any atom is 0.273 e. The monoisotopic (exact) mass is 441 g/mol. The van der Waals surface area contributed by atoms with E-state index >= 15 is 0 Å². The molecule has 1 aromatic heterocycles. The van der Waals surface area contributed by atoms with Crippen molar-refractivity contribution in [2.24, 2.45) is 0 Å². The van der Waals surface area contributed by atoms with Gasteiger partial charge in [0.15, 0.2) is 17.8 Å². The summed E-state index contributed by atoms with van der Waals surface area (Å²) in [6.07, 6.45) is -0.672. The number of hydrogen-bond acceptors (Lipinski definition) is 6. The first kappa shape index (κ1) is 21.8. The van der Waals surface area contributed by atoms with Gasteiger partial charge in [-0.1, -0.05) is 18.2 Å². The molecule has 32 heavy (non-hydrogen) atoms. The van der Waals surface area contributed by atoms with E-state index in [-0.39, 0.29) is 12.5 Å². The molecular formula is C23H24FN3O5. The average molecular weight is 441 g/mol. The number of rotatable bonds is 8. The molecule has 8 nitrogen and oxygen atoms in total. The van der Waals surface area contributed by atoms with Crippen LogP contribution in [-0.4, -0.2) is 62.3 Å². The van der Waals surface area contributed by atoms with Gasteiger partial charge in [-0.15, -0.1) is 0 Å². The number of fused-ring (bicyclic) bond motifs is 1. The molecule has 1 N–H and O–H groups in total. The Kier molecular flexibility index (Phi) is 6.11. The van der Waals surface area contributed by atoms with Gasteiger partial charge in [0.25, 0.3) is 5.91 Å². The van der Waals surface area contributed by atoms with Crippen molar-refractivity contribution in [3.05, 3.63) is 65.1 Å². The van der Waals surface area contributed by atoms with Gasteiger partial charge in [0.05, 0.1) is 32.5 Å². The van der Waals surface area contributed by atoms with E-state index in [1.165, 1.54) is 25.2 Å². The van der Waals surface area contributed by atoms with Crippen LogP contribution in [0.2, 0.25) is 0 Å². The maximum absolute atomic E-state index is 14.9. The predicted octanol–water partition coefficient (Wildman–Crippen LogP) is 3.40. The van der Waals surface area contributed by atoms with Gasteiger partial charge in [-0.25, -0.2) is 4.39 Å². The number of ether oxygens (including phenoxy) is 4. The van der Waals surface area contributed by atoms with Crippen LogP contribution >= 0.6 is 0 Å². The zero-order valence-electron chi connectivity index (χ0n) is 18.2. The Balaban J connectivity index is 1.87. The third-order valence-corrected chi connectivity index (χ3v) is 5.59. The molecule has 0 bridgehead atoms. The summed E-state index contributed by atoms with van der Waals surface area (Å²) >= 11 is 0. The third kappa shape index (κ3) is 3.59. The van der Waals surface area contributed by atoms with E-state index in [1.54, 1.807) is 44.6 Å². The van der Waals surface area contributed by atoms with Gasteiger partial charge in [-0.3, -0.25) is 9.89 Å². The smallest absolute Gasteiger partial charge is 0.273 e. The lowest BCUT2D eigenvalue weighted by molar-refractivity contribution is -0.113. The average Bonchev–Trinajstić information content (AvgIpc) is 3.36. The fourth-order valence-corrected chi connectivity index (χ4v) is 4.01. The largest absolute Gasteiger partial charge is 0.493 e. The Hall–Kier alpha value is -3.43. The quantitative estimate of drug-likeness (QED) is 0.540. The van der Waals surface area contributed by atoms with Crippen LogP contribution in [0.15, 0.2) is 42.5 Å². The minimum absolute atomic E-state index is 0.110. The summed E-state index contributed by atoms with van der Waals surface area (Å²) in [5.41, 5.74) is 2.46. The van der Waals surface area contributed by atoms with Crippen molar-refractivity contribution >= 4 is 5.91 Å². The minimum Gasteiger partial charge on any atom is -0.493 e. The molecule has 1 aliphatic heterocycles. The van der Waals surface area contributed by atoms with Gasteiger partial charge in [-0.05, 0) is 24.3 Å². The fourth-order valence-electron chi connectivity index (χ4n) is 4.01. The SMILES string of the molecule is COc1ccc(-c2n[nH]c3c2C(c2ccccc2F)N(CC(OC)OC)C3=O)cc1OC. The van der Waals surface area contributed by atoms with E-state index < -0.39 is 18.1 Å². The number of carbonyl (C=O) groups excluding carboxylic acids is 1. The van der Waals surface area contributed by atoms with E-state index in [2.05, 4.69) is 10.2 Å². The first-order chi connectivity index (χ1) is 15.5. The molecule has 0 spiro atoms. The van der Waals surface area contributed by atoms with E-state index in [9.17, 15) is 9.18 Å². The number of benzene rings is 2. The van der Waals surface area contributed by atoms with E-state index in [0.29, 0.717) is 39.6 Å². The third-order valence-electron chi connectivity index (χ3n) is 5.59. The van der Waals surface area contributed by atoms with Crippen LogP contribution < -0.4 is 9.47 Å². The Morgan fingerprint density at radius 3 is 2.44 bits per heavy atom. The number of methoxy groups -OCH3 is 4. The fraction of sp³-hybridized carbons (Fsp3) is 0.304. The summed E-state index contributed by atoms with van der Waals surface area (Å²) in [4.78, 5) is 14.8. The molecule has 3 aromatic rings. The van der Waals surface area contributed by atoms with Crippen molar-refractivity contribution in [1.29, 1.82) is 0 Å². The molecule has 2 heterocycles. The first-order valence-electron chi connectivity index (χ1n) is 9.95. The van der Waals surface area contributed by atoms with Crippen molar-refractivity contribution < 1.29 is 28.1 Å². The van der Waals surface area contributed by atoms with Gasteiger partial charge >= 0.3 is 0 Å². The number of halogens is 1. The van der Waals surface area contributed by atoms with E-state index in [1.807, 2.05) is 6.07 Å². The summed E-state index contributed by atoms with van der Waals surface area (Å²) in [6.45, 7) is 0.110. The normalized spacial score (nSPS) is 15.4. The molecule has 1 atom stereocenters. The molecule has 9 heteroatoms. The molecule has 1 unspecified atom stereocenters. The summed E-state index contributed by atoms with van der Waals surface area (Å²) in [7, 11) is 6.07. The zero-order chi connectivity index (χ0) is 22.8. The van der Waals surface area contributed by atoms with Crippen LogP contribution in [0.1, 0.15) is 27.7 Å². The van der Waals surface area contributed by atoms with Gasteiger partial charge in [-0.2, -0.15) is 5.10 Å². The molecule has 2 aromatic carbocycles. The molecule has 0 radical (unpaired) electrons. The highest BCUT2D eigenvalue weighted by molar-refractivity contribution is 6.00. The van der Waals surface area contributed by atoms with Crippen molar-refractivity contribution in [3.8, 4) is 22.8 Å². The van der Waals surface area contributed by atoms with Crippen molar-refractivity contribution in [1.82, 2.24) is 15.1 Å². The molecule has 0 saturated carbocycles. The Morgan fingerprint density at radius 2 is 1.78 bits per heavy atom. The highest BCUT2D eigenvalue weighted by Crippen LogP contribution is 2.44. The van der Waals surface area contributed by atoms with E-state index in [0.717, 1.165) is 0 Å². The summed E-state index contributed by atoms with van der Waals surface area (Å²) in [5, 5.41) is 7.24. The highest BCUT2D eigenvalue weighted by atomic mass is 19.1. The number of nitrogens with zero attached hydrogens (tertiary/aromatic N) is 2. The second-order valence-electron chi connectivity index (χ2n) is 7.21. The molecule has 1 amide bonds. The number of carbonyl (C=O) groups is 1. The molecular weight excluding hydrogens is 417 g/mol. The van der Waals surface area contributed by atoms with Crippen LogP contribution in [-0.2, 0) is 9.47 Å². The van der Waals surface area contributed by atoms with Crippen LogP contribution in [0.4, 0.5) is 4.39 Å². The summed E-state index contributed by atoms with van der Waals surface area (Å²) in [6, 6.07) is 11.0. The van der Waals surface area contributed by atoms with Crippen molar-refractivity contribution in [2.75, 3.05) is 35.0 Å². The number of H-pyrrole nitrogens is 1. The minimum atomic E-state index is -0.714. The predicted molar refractivity (Wildman–Crippen MR) is 114 cm³/mol. The first-order valence-corrected chi connectivity index (χ1v) is 9.95. The number of nitrogens with one attached hydrogen (secondary N) is 1. The second kappa shape index (κ2) is 8.97. The highest BCUT2D eigenvalue weighted by Gasteiger charge is 2.44. The number of aromatic nitrogens is 2. The topological polar surface area (TPSA) is 85.9 Å². The van der Waals surface area contributed by atoms with Gasteiger partial charge in [0.2, 0.25) is 0 Å². The molecule has 4 rings (SSSR count). The van der Waals surface area contributed by atoms with Crippen LogP contribution in [0.3, 0.4) is 0 Å². The summed E-state index contributed by atoms with van der Waals surface area (Å²) in [5.74, 6) is 0.347. The Labute approximate surface area is 184 Å². The van der Waals surface area contributed by atoms with Gasteiger partial charge in [0.1, 0.15) is 11.5 Å². The number of aromatic amines is 1. The van der Waals surface area contributed by atoms with Crippen LogP contribution in [0.5, 0.6) is 11.5 Å².